The van der Waals surface area contributed by atoms with Crippen LogP contribution in [0.15, 0.2) is 84.6 Å². The minimum atomic E-state index is -0.288. The van der Waals surface area contributed by atoms with Crippen LogP contribution in [0.1, 0.15) is 18.3 Å². The van der Waals surface area contributed by atoms with Crippen LogP contribution in [0.3, 0.4) is 0 Å². The topological polar surface area (TPSA) is 88.9 Å². The quantitative estimate of drug-likeness (QED) is 0.337. The highest BCUT2D eigenvalue weighted by molar-refractivity contribution is 6.35. The number of nitrogens with one attached hydrogen (secondary N) is 1. The van der Waals surface area contributed by atoms with Crippen LogP contribution in [-0.4, -0.2) is 43.8 Å². The summed E-state index contributed by atoms with van der Waals surface area (Å²) in [6, 6.07) is 16.5. The molecule has 0 amide bonds. The van der Waals surface area contributed by atoms with Crippen molar-refractivity contribution >= 4 is 39.4 Å². The highest BCUT2D eigenvalue weighted by Crippen LogP contribution is 2.39. The van der Waals surface area contributed by atoms with Gasteiger partial charge >= 0.3 is 0 Å². The van der Waals surface area contributed by atoms with Gasteiger partial charge in [-0.25, -0.2) is 15.0 Å². The highest BCUT2D eigenvalue weighted by Gasteiger charge is 2.38. The molecule has 0 radical (unpaired) electrons. The van der Waals surface area contributed by atoms with E-state index in [1.54, 1.807) is 23.0 Å². The van der Waals surface area contributed by atoms with Crippen molar-refractivity contribution in [3.05, 3.63) is 101 Å². The van der Waals surface area contributed by atoms with Crippen molar-refractivity contribution in [1.82, 2.24) is 24.5 Å². The van der Waals surface area contributed by atoms with Crippen molar-refractivity contribution in [3.63, 3.8) is 0 Å². The molecule has 36 heavy (non-hydrogen) atoms. The molecular formula is C27H23ClN6O2. The summed E-state index contributed by atoms with van der Waals surface area (Å²) in [6.45, 7) is 4.79. The van der Waals surface area contributed by atoms with Gasteiger partial charge in [0.1, 0.15) is 23.6 Å². The Morgan fingerprint density at radius 1 is 1.14 bits per heavy atom. The van der Waals surface area contributed by atoms with E-state index in [0.29, 0.717) is 41.3 Å². The lowest BCUT2D eigenvalue weighted by molar-refractivity contribution is 0.0882. The lowest BCUT2D eigenvalue weighted by Crippen LogP contribution is -2.32. The van der Waals surface area contributed by atoms with Crippen molar-refractivity contribution in [2.75, 3.05) is 18.1 Å². The van der Waals surface area contributed by atoms with E-state index in [9.17, 15) is 4.79 Å². The van der Waals surface area contributed by atoms with Crippen LogP contribution in [-0.2, 0) is 4.74 Å². The van der Waals surface area contributed by atoms with Gasteiger partial charge in [0.05, 0.1) is 45.8 Å². The number of nitrogens with zero attached hydrogens (tertiary/aromatic N) is 5. The molecule has 1 aliphatic rings. The molecule has 1 fully saturated rings. The van der Waals surface area contributed by atoms with Crippen molar-refractivity contribution in [3.8, 4) is 5.69 Å². The second-order valence-corrected chi connectivity index (χ2v) is 9.07. The predicted molar refractivity (Wildman–Crippen MR) is 141 cm³/mol. The van der Waals surface area contributed by atoms with Gasteiger partial charge in [0, 0.05) is 19.2 Å². The van der Waals surface area contributed by atoms with Gasteiger partial charge < -0.3 is 14.6 Å². The normalized spacial score (nSPS) is 17.8. The van der Waals surface area contributed by atoms with Gasteiger partial charge in [0.15, 0.2) is 0 Å². The number of hydrogen-bond donors (Lipinski definition) is 1. The number of aromatic nitrogens is 5. The van der Waals surface area contributed by atoms with Crippen LogP contribution in [0.5, 0.6) is 0 Å². The SMILES string of the molecule is C=CCO[C@@H]1C[C@@H](c2nc3cccc(Cl)c3c(=O)n2-c2ccccc2)N(c2ncnc3[nH]ccc23)C1. The number of H-pyrrole nitrogens is 1. The Balaban J connectivity index is 1.59. The highest BCUT2D eigenvalue weighted by atomic mass is 35.5. The average Bonchev–Trinajstić information content (AvgIpc) is 3.55. The molecule has 4 heterocycles. The Hall–Kier alpha value is -4.01. The summed E-state index contributed by atoms with van der Waals surface area (Å²) in [5.41, 5.74) is 1.81. The summed E-state index contributed by atoms with van der Waals surface area (Å²) < 4.78 is 7.75. The Labute approximate surface area is 211 Å². The molecule has 0 spiro atoms. The number of anilines is 1. The third kappa shape index (κ3) is 3.75. The van der Waals surface area contributed by atoms with Gasteiger partial charge in [-0.2, -0.15) is 0 Å². The summed E-state index contributed by atoms with van der Waals surface area (Å²) in [5, 5.41) is 1.66. The van der Waals surface area contributed by atoms with E-state index in [2.05, 4.69) is 26.4 Å². The maximum atomic E-state index is 13.9. The fourth-order valence-electron chi connectivity index (χ4n) is 4.95. The molecule has 1 saturated heterocycles. The number of halogens is 1. The van der Waals surface area contributed by atoms with Crippen molar-refractivity contribution in [1.29, 1.82) is 0 Å². The zero-order chi connectivity index (χ0) is 24.6. The second-order valence-electron chi connectivity index (χ2n) is 8.67. The number of aromatic amines is 1. The van der Waals surface area contributed by atoms with Crippen molar-refractivity contribution in [2.24, 2.45) is 0 Å². The van der Waals surface area contributed by atoms with E-state index >= 15 is 0 Å². The average molecular weight is 499 g/mol. The lowest BCUT2D eigenvalue weighted by Gasteiger charge is -2.27. The summed E-state index contributed by atoms with van der Waals surface area (Å²) in [4.78, 5) is 33.3. The molecule has 1 N–H and O–H groups in total. The minimum absolute atomic E-state index is 0.104. The van der Waals surface area contributed by atoms with Gasteiger partial charge in [-0.3, -0.25) is 9.36 Å². The fourth-order valence-corrected chi connectivity index (χ4v) is 5.20. The largest absolute Gasteiger partial charge is 0.372 e. The molecule has 6 rings (SSSR count). The monoisotopic (exact) mass is 498 g/mol. The molecule has 2 atom stereocenters. The van der Waals surface area contributed by atoms with E-state index in [4.69, 9.17) is 21.3 Å². The van der Waals surface area contributed by atoms with E-state index in [1.807, 2.05) is 54.7 Å². The number of rotatable bonds is 6. The zero-order valence-corrected chi connectivity index (χ0v) is 20.1. The third-order valence-electron chi connectivity index (χ3n) is 6.50. The smallest absolute Gasteiger partial charge is 0.267 e. The Bertz CT molecular complexity index is 1630. The molecular weight excluding hydrogens is 476 g/mol. The van der Waals surface area contributed by atoms with Crippen LogP contribution >= 0.6 is 11.6 Å². The van der Waals surface area contributed by atoms with E-state index < -0.39 is 0 Å². The lowest BCUT2D eigenvalue weighted by atomic mass is 10.1. The van der Waals surface area contributed by atoms with Gasteiger partial charge in [-0.1, -0.05) is 41.9 Å². The minimum Gasteiger partial charge on any atom is -0.372 e. The van der Waals surface area contributed by atoms with Gasteiger partial charge in [-0.05, 0) is 30.3 Å². The molecule has 9 heteroatoms. The standard InChI is InChI=1S/C27H23ClN6O2/c1-2-13-36-18-14-22(33(15-18)25-19-11-12-29-24(19)30-16-31-25)26-32-21-10-6-9-20(28)23(21)27(35)34(26)17-7-4-3-5-8-17/h2-12,16,18,22H,1,13-15H2,(H,29,30,31)/t18-,22+/m1/s1. The first-order valence-corrected chi connectivity index (χ1v) is 12.1. The van der Waals surface area contributed by atoms with Gasteiger partial charge in [0.25, 0.3) is 5.56 Å². The maximum Gasteiger partial charge on any atom is 0.267 e. The second kappa shape index (κ2) is 9.22. The Kier molecular flexibility index (Phi) is 5.75. The van der Waals surface area contributed by atoms with Crippen LogP contribution in [0.25, 0.3) is 27.6 Å². The third-order valence-corrected chi connectivity index (χ3v) is 6.82. The first-order chi connectivity index (χ1) is 17.7. The van der Waals surface area contributed by atoms with E-state index in [1.165, 1.54) is 0 Å². The van der Waals surface area contributed by atoms with Gasteiger partial charge in [-0.15, -0.1) is 6.58 Å². The van der Waals surface area contributed by atoms with Crippen LogP contribution in [0.2, 0.25) is 5.02 Å². The Morgan fingerprint density at radius 2 is 2.00 bits per heavy atom. The maximum absolute atomic E-state index is 13.9. The first kappa shape index (κ1) is 22.5. The van der Waals surface area contributed by atoms with Crippen LogP contribution in [0, 0.1) is 0 Å². The van der Waals surface area contributed by atoms with Crippen molar-refractivity contribution < 1.29 is 4.74 Å². The predicted octanol–water partition coefficient (Wildman–Crippen LogP) is 4.83. The first-order valence-electron chi connectivity index (χ1n) is 11.7. The number of fused-ring (bicyclic) bond motifs is 2. The van der Waals surface area contributed by atoms with Crippen molar-refractivity contribution in [2.45, 2.75) is 18.6 Å². The molecule has 2 aromatic carbocycles. The van der Waals surface area contributed by atoms with E-state index in [-0.39, 0.29) is 17.7 Å². The number of para-hydroxylation sites is 1. The molecule has 0 bridgehead atoms. The molecule has 0 aliphatic carbocycles. The summed E-state index contributed by atoms with van der Waals surface area (Å²) in [7, 11) is 0. The molecule has 0 unspecified atom stereocenters. The molecule has 0 saturated carbocycles. The number of ether oxygens (including phenoxy) is 1. The zero-order valence-electron chi connectivity index (χ0n) is 19.3. The van der Waals surface area contributed by atoms with Crippen LogP contribution in [0.4, 0.5) is 5.82 Å². The molecule has 1 aliphatic heterocycles. The summed E-state index contributed by atoms with van der Waals surface area (Å²) in [5.74, 6) is 1.36. The Morgan fingerprint density at radius 3 is 2.83 bits per heavy atom. The van der Waals surface area contributed by atoms with Crippen LogP contribution < -0.4 is 10.5 Å². The van der Waals surface area contributed by atoms with E-state index in [0.717, 1.165) is 22.5 Å². The molecule has 3 aromatic heterocycles. The summed E-state index contributed by atoms with van der Waals surface area (Å²) >= 11 is 6.48. The molecule has 5 aromatic rings. The summed E-state index contributed by atoms with van der Waals surface area (Å²) in [6.07, 6.45) is 5.64. The molecule has 180 valence electrons. The fraction of sp³-hybridized carbons (Fsp3) is 0.185. The number of hydrogen-bond acceptors (Lipinski definition) is 6. The molecule has 8 nitrogen and oxygen atoms in total. The number of benzene rings is 2. The van der Waals surface area contributed by atoms with Gasteiger partial charge in [0.2, 0.25) is 0 Å².